The zero-order valence-electron chi connectivity index (χ0n) is 11.8. The summed E-state index contributed by atoms with van der Waals surface area (Å²) < 4.78 is 6.76. The van der Waals surface area contributed by atoms with Gasteiger partial charge in [-0.3, -0.25) is 0 Å². The van der Waals surface area contributed by atoms with E-state index in [1.165, 1.54) is 0 Å². The van der Waals surface area contributed by atoms with E-state index in [9.17, 15) is 0 Å². The molecule has 0 aliphatic carbocycles. The maximum absolute atomic E-state index is 6.22. The van der Waals surface area contributed by atoms with Crippen molar-refractivity contribution in [2.24, 2.45) is 0 Å². The molecule has 0 aliphatic rings. The number of rotatable bonds is 7. The zero-order valence-corrected chi connectivity index (χ0v) is 12.5. The highest BCUT2D eigenvalue weighted by molar-refractivity contribution is 6.31. The van der Waals surface area contributed by atoms with E-state index in [2.05, 4.69) is 15.4 Å². The minimum atomic E-state index is 0.629. The SMILES string of the molecule is COCCNCc1ncn(Cc2ccc(C)cc2Cl)n1. The van der Waals surface area contributed by atoms with Gasteiger partial charge in [-0.25, -0.2) is 9.67 Å². The van der Waals surface area contributed by atoms with Crippen molar-refractivity contribution in [2.45, 2.75) is 20.0 Å². The van der Waals surface area contributed by atoms with Crippen LogP contribution in [-0.4, -0.2) is 35.0 Å². The molecule has 0 saturated heterocycles. The van der Waals surface area contributed by atoms with Crippen molar-refractivity contribution in [2.75, 3.05) is 20.3 Å². The highest BCUT2D eigenvalue weighted by Gasteiger charge is 2.04. The molecule has 0 atom stereocenters. The van der Waals surface area contributed by atoms with Gasteiger partial charge >= 0.3 is 0 Å². The Bertz CT molecular complexity index is 556. The van der Waals surface area contributed by atoms with E-state index in [1.54, 1.807) is 18.1 Å². The molecule has 0 fully saturated rings. The third kappa shape index (κ3) is 4.30. The van der Waals surface area contributed by atoms with Gasteiger partial charge in [0, 0.05) is 18.7 Å². The predicted octanol–water partition coefficient (Wildman–Crippen LogP) is 2.02. The summed E-state index contributed by atoms with van der Waals surface area (Å²) in [6.07, 6.45) is 1.73. The molecule has 0 bridgehead atoms. The lowest BCUT2D eigenvalue weighted by Crippen LogP contribution is -2.19. The minimum absolute atomic E-state index is 0.629. The average Bonchev–Trinajstić information content (AvgIpc) is 2.86. The first-order valence-corrected chi connectivity index (χ1v) is 6.90. The summed E-state index contributed by atoms with van der Waals surface area (Å²) in [5, 5.41) is 8.38. The van der Waals surface area contributed by atoms with Gasteiger partial charge in [0.15, 0.2) is 5.82 Å². The monoisotopic (exact) mass is 294 g/mol. The van der Waals surface area contributed by atoms with E-state index >= 15 is 0 Å². The Kier molecular flexibility index (Phi) is 5.52. The molecule has 6 heteroatoms. The zero-order chi connectivity index (χ0) is 14.4. The summed E-state index contributed by atoms with van der Waals surface area (Å²) in [5.74, 6) is 0.768. The molecule has 0 saturated carbocycles. The molecule has 0 amide bonds. The van der Waals surface area contributed by atoms with Crippen LogP contribution < -0.4 is 5.32 Å². The fraction of sp³-hybridized carbons (Fsp3) is 0.429. The highest BCUT2D eigenvalue weighted by atomic mass is 35.5. The molecule has 2 aromatic rings. The van der Waals surface area contributed by atoms with Crippen LogP contribution in [0.2, 0.25) is 5.02 Å². The largest absolute Gasteiger partial charge is 0.383 e. The van der Waals surface area contributed by atoms with Crippen molar-refractivity contribution in [1.29, 1.82) is 0 Å². The summed E-state index contributed by atoms with van der Waals surface area (Å²) in [4.78, 5) is 4.26. The second-order valence-electron chi connectivity index (χ2n) is 4.62. The smallest absolute Gasteiger partial charge is 0.164 e. The molecule has 1 N–H and O–H groups in total. The number of hydrogen-bond acceptors (Lipinski definition) is 4. The van der Waals surface area contributed by atoms with Gasteiger partial charge in [0.2, 0.25) is 0 Å². The Morgan fingerprint density at radius 2 is 2.25 bits per heavy atom. The topological polar surface area (TPSA) is 52.0 Å². The second-order valence-corrected chi connectivity index (χ2v) is 5.03. The lowest BCUT2D eigenvalue weighted by molar-refractivity contribution is 0.199. The summed E-state index contributed by atoms with van der Waals surface area (Å²) >= 11 is 6.22. The second kappa shape index (κ2) is 7.38. The number of nitrogens with one attached hydrogen (secondary N) is 1. The van der Waals surface area contributed by atoms with Crippen LogP contribution in [0.25, 0.3) is 0 Å². The van der Waals surface area contributed by atoms with Gasteiger partial charge in [-0.05, 0) is 24.1 Å². The number of halogens is 1. The molecule has 2 rings (SSSR count). The number of aromatic nitrogens is 3. The Morgan fingerprint density at radius 1 is 1.40 bits per heavy atom. The lowest BCUT2D eigenvalue weighted by atomic mass is 10.1. The van der Waals surface area contributed by atoms with Gasteiger partial charge in [-0.1, -0.05) is 23.7 Å². The molecule has 0 spiro atoms. The van der Waals surface area contributed by atoms with Crippen LogP contribution in [0.15, 0.2) is 24.5 Å². The lowest BCUT2D eigenvalue weighted by Gasteiger charge is -2.05. The maximum Gasteiger partial charge on any atom is 0.164 e. The average molecular weight is 295 g/mol. The molecule has 0 radical (unpaired) electrons. The quantitative estimate of drug-likeness (QED) is 0.794. The third-order valence-electron chi connectivity index (χ3n) is 2.89. The molecule has 0 unspecified atom stereocenters. The van der Waals surface area contributed by atoms with E-state index < -0.39 is 0 Å². The van der Waals surface area contributed by atoms with Crippen molar-refractivity contribution >= 4 is 11.6 Å². The molecule has 1 aromatic carbocycles. The predicted molar refractivity (Wildman–Crippen MR) is 78.9 cm³/mol. The summed E-state index contributed by atoms with van der Waals surface area (Å²) in [7, 11) is 1.68. The summed E-state index contributed by atoms with van der Waals surface area (Å²) in [6, 6.07) is 6.03. The maximum atomic E-state index is 6.22. The first-order chi connectivity index (χ1) is 9.69. The van der Waals surface area contributed by atoms with Crippen LogP contribution in [0.4, 0.5) is 0 Å². The molecule has 20 heavy (non-hydrogen) atoms. The van der Waals surface area contributed by atoms with E-state index in [0.717, 1.165) is 28.5 Å². The Balaban J connectivity index is 1.92. The number of nitrogens with zero attached hydrogens (tertiary/aromatic N) is 3. The number of benzene rings is 1. The Hall–Kier alpha value is -1.43. The van der Waals surface area contributed by atoms with E-state index in [-0.39, 0.29) is 0 Å². The van der Waals surface area contributed by atoms with Crippen molar-refractivity contribution < 1.29 is 4.74 Å². The Labute approximate surface area is 123 Å². The number of methoxy groups -OCH3 is 1. The van der Waals surface area contributed by atoms with Crippen LogP contribution in [0, 0.1) is 6.92 Å². The molecule has 108 valence electrons. The van der Waals surface area contributed by atoms with Gasteiger partial charge in [0.1, 0.15) is 6.33 Å². The van der Waals surface area contributed by atoms with Gasteiger partial charge in [0.05, 0.1) is 19.7 Å². The van der Waals surface area contributed by atoms with E-state index in [4.69, 9.17) is 16.3 Å². The van der Waals surface area contributed by atoms with Gasteiger partial charge in [-0.2, -0.15) is 5.10 Å². The highest BCUT2D eigenvalue weighted by Crippen LogP contribution is 2.18. The first-order valence-electron chi connectivity index (χ1n) is 6.52. The van der Waals surface area contributed by atoms with Crippen molar-refractivity contribution in [3.8, 4) is 0 Å². The van der Waals surface area contributed by atoms with Gasteiger partial charge < -0.3 is 10.1 Å². The summed E-state index contributed by atoms with van der Waals surface area (Å²) in [6.45, 7) is 4.76. The van der Waals surface area contributed by atoms with Crippen LogP contribution in [0.1, 0.15) is 17.0 Å². The van der Waals surface area contributed by atoms with E-state index in [0.29, 0.717) is 19.7 Å². The molecular weight excluding hydrogens is 276 g/mol. The molecular formula is C14H19ClN4O. The number of hydrogen-bond donors (Lipinski definition) is 1. The Morgan fingerprint density at radius 3 is 3.00 bits per heavy atom. The first kappa shape index (κ1) is 15.0. The fourth-order valence-electron chi connectivity index (χ4n) is 1.82. The van der Waals surface area contributed by atoms with Crippen molar-refractivity contribution in [3.63, 3.8) is 0 Å². The van der Waals surface area contributed by atoms with Crippen LogP contribution in [0.3, 0.4) is 0 Å². The van der Waals surface area contributed by atoms with E-state index in [1.807, 2.05) is 25.1 Å². The molecule has 5 nitrogen and oxygen atoms in total. The normalized spacial score (nSPS) is 10.9. The minimum Gasteiger partial charge on any atom is -0.383 e. The van der Waals surface area contributed by atoms with Crippen LogP contribution in [0.5, 0.6) is 0 Å². The van der Waals surface area contributed by atoms with Crippen LogP contribution in [-0.2, 0) is 17.8 Å². The summed E-state index contributed by atoms with van der Waals surface area (Å²) in [5.41, 5.74) is 2.20. The van der Waals surface area contributed by atoms with Crippen LogP contribution >= 0.6 is 11.6 Å². The van der Waals surface area contributed by atoms with Crippen molar-refractivity contribution in [3.05, 3.63) is 46.5 Å². The fourth-order valence-corrected chi connectivity index (χ4v) is 2.11. The van der Waals surface area contributed by atoms with Crippen molar-refractivity contribution in [1.82, 2.24) is 20.1 Å². The number of aryl methyl sites for hydroxylation is 1. The number of ether oxygens (including phenoxy) is 1. The standard InChI is InChI=1S/C14H19ClN4O/c1-11-3-4-12(13(15)7-11)9-19-10-17-14(18-19)8-16-5-6-20-2/h3-4,7,10,16H,5-6,8-9H2,1-2H3. The van der Waals surface area contributed by atoms with Gasteiger partial charge in [0.25, 0.3) is 0 Å². The molecule has 1 aromatic heterocycles. The molecule has 1 heterocycles. The molecule has 0 aliphatic heterocycles. The van der Waals surface area contributed by atoms with Gasteiger partial charge in [-0.15, -0.1) is 0 Å². The third-order valence-corrected chi connectivity index (χ3v) is 3.24.